The predicted octanol–water partition coefficient (Wildman–Crippen LogP) is 2.13. The molecule has 2 atom stereocenters. The average Bonchev–Trinajstić information content (AvgIpc) is 2.79. The number of rotatable bonds is 3. The van der Waals surface area contributed by atoms with Crippen molar-refractivity contribution in [1.29, 1.82) is 0 Å². The van der Waals surface area contributed by atoms with Gasteiger partial charge in [0.05, 0.1) is 12.7 Å². The zero-order valence-corrected chi connectivity index (χ0v) is 8.91. The zero-order valence-electron chi connectivity index (χ0n) is 8.91. The lowest BCUT2D eigenvalue weighted by Crippen LogP contribution is -2.34. The van der Waals surface area contributed by atoms with Crippen LogP contribution in [0.2, 0.25) is 0 Å². The fraction of sp³-hybridized carbons (Fsp3) is 0.833. The number of allylic oxidation sites excluding steroid dienone is 2. The first-order valence-electron chi connectivity index (χ1n) is 5.64. The Morgan fingerprint density at radius 2 is 2.14 bits per heavy atom. The van der Waals surface area contributed by atoms with E-state index in [2.05, 4.69) is 19.1 Å². The van der Waals surface area contributed by atoms with Crippen molar-refractivity contribution in [3.8, 4) is 0 Å². The van der Waals surface area contributed by atoms with Gasteiger partial charge in [0.15, 0.2) is 0 Å². The molecule has 2 rings (SSSR count). The topological polar surface area (TPSA) is 29.5 Å². The van der Waals surface area contributed by atoms with Gasteiger partial charge in [0.1, 0.15) is 0 Å². The fourth-order valence-corrected chi connectivity index (χ4v) is 2.77. The van der Waals surface area contributed by atoms with Gasteiger partial charge in [-0.3, -0.25) is 0 Å². The standard InChI is InChI=1S/C12H20O2/c1-10-12(9-13,6-7-14-10)8-11-4-2-3-5-11/h2-3,10-11,13H,4-9H2,1H3. The van der Waals surface area contributed by atoms with Crippen LogP contribution in [-0.2, 0) is 4.74 Å². The second-order valence-corrected chi connectivity index (χ2v) is 4.80. The Hall–Kier alpha value is -0.340. The summed E-state index contributed by atoms with van der Waals surface area (Å²) in [5, 5.41) is 9.55. The van der Waals surface area contributed by atoms with Crippen LogP contribution in [0.5, 0.6) is 0 Å². The van der Waals surface area contributed by atoms with E-state index in [1.807, 2.05) is 0 Å². The van der Waals surface area contributed by atoms with Gasteiger partial charge in [-0.05, 0) is 38.5 Å². The SMILES string of the molecule is CC1OCCC1(CO)CC1CC=CC1. The van der Waals surface area contributed by atoms with Gasteiger partial charge in [-0.1, -0.05) is 12.2 Å². The monoisotopic (exact) mass is 196 g/mol. The molecule has 0 amide bonds. The molecule has 2 unspecified atom stereocenters. The molecule has 0 spiro atoms. The Balaban J connectivity index is 1.97. The van der Waals surface area contributed by atoms with Gasteiger partial charge in [0.2, 0.25) is 0 Å². The van der Waals surface area contributed by atoms with Crippen molar-refractivity contribution in [3.05, 3.63) is 12.2 Å². The summed E-state index contributed by atoms with van der Waals surface area (Å²) in [6.45, 7) is 3.21. The predicted molar refractivity (Wildman–Crippen MR) is 56.0 cm³/mol. The summed E-state index contributed by atoms with van der Waals surface area (Å²) in [7, 11) is 0. The summed E-state index contributed by atoms with van der Waals surface area (Å²) in [5.74, 6) is 0.742. The summed E-state index contributed by atoms with van der Waals surface area (Å²) in [5.41, 5.74) is 0.0523. The minimum atomic E-state index is 0.0523. The van der Waals surface area contributed by atoms with Crippen LogP contribution < -0.4 is 0 Å². The lowest BCUT2D eigenvalue weighted by molar-refractivity contribution is 0.0125. The average molecular weight is 196 g/mol. The maximum absolute atomic E-state index is 9.55. The van der Waals surface area contributed by atoms with Crippen molar-refractivity contribution in [2.45, 2.75) is 38.7 Å². The van der Waals surface area contributed by atoms with E-state index >= 15 is 0 Å². The second kappa shape index (κ2) is 4.03. The Labute approximate surface area is 86.0 Å². The largest absolute Gasteiger partial charge is 0.396 e. The molecule has 0 aromatic rings. The van der Waals surface area contributed by atoms with Crippen molar-refractivity contribution < 1.29 is 9.84 Å². The number of aliphatic hydroxyl groups is 1. The van der Waals surface area contributed by atoms with Crippen LogP contribution in [0, 0.1) is 11.3 Å². The second-order valence-electron chi connectivity index (χ2n) is 4.80. The van der Waals surface area contributed by atoms with Crippen LogP contribution in [0.4, 0.5) is 0 Å². The summed E-state index contributed by atoms with van der Waals surface area (Å²) >= 11 is 0. The minimum absolute atomic E-state index is 0.0523. The Morgan fingerprint density at radius 3 is 2.64 bits per heavy atom. The maximum atomic E-state index is 9.55. The lowest BCUT2D eigenvalue weighted by atomic mass is 9.74. The molecular formula is C12H20O2. The van der Waals surface area contributed by atoms with E-state index in [0.29, 0.717) is 0 Å². The van der Waals surface area contributed by atoms with Gasteiger partial charge in [0.25, 0.3) is 0 Å². The van der Waals surface area contributed by atoms with E-state index in [-0.39, 0.29) is 18.1 Å². The summed E-state index contributed by atoms with van der Waals surface area (Å²) < 4.78 is 5.59. The van der Waals surface area contributed by atoms with Gasteiger partial charge >= 0.3 is 0 Å². The Bertz CT molecular complexity index is 216. The molecule has 2 heteroatoms. The third kappa shape index (κ3) is 1.73. The van der Waals surface area contributed by atoms with Crippen LogP contribution in [0.25, 0.3) is 0 Å². The molecule has 0 radical (unpaired) electrons. The first kappa shape index (κ1) is 10.2. The van der Waals surface area contributed by atoms with Crippen LogP contribution in [0.3, 0.4) is 0 Å². The zero-order chi connectivity index (χ0) is 10.0. The van der Waals surface area contributed by atoms with Crippen LogP contribution >= 0.6 is 0 Å². The number of hydrogen-bond donors (Lipinski definition) is 1. The van der Waals surface area contributed by atoms with Gasteiger partial charge in [-0.15, -0.1) is 0 Å². The maximum Gasteiger partial charge on any atom is 0.0626 e. The van der Waals surface area contributed by atoms with Crippen molar-refractivity contribution in [2.24, 2.45) is 11.3 Å². The third-order valence-electron chi connectivity index (χ3n) is 3.95. The molecule has 1 aliphatic carbocycles. The molecule has 14 heavy (non-hydrogen) atoms. The molecule has 2 nitrogen and oxygen atoms in total. The summed E-state index contributed by atoms with van der Waals surface area (Å²) in [6.07, 6.45) is 9.28. The van der Waals surface area contributed by atoms with Crippen molar-refractivity contribution in [2.75, 3.05) is 13.2 Å². The number of aliphatic hydroxyl groups excluding tert-OH is 1. The molecule has 1 saturated heterocycles. The highest BCUT2D eigenvalue weighted by atomic mass is 16.5. The molecule has 1 heterocycles. The molecule has 0 bridgehead atoms. The van der Waals surface area contributed by atoms with E-state index < -0.39 is 0 Å². The van der Waals surface area contributed by atoms with E-state index in [1.54, 1.807) is 0 Å². The highest BCUT2D eigenvalue weighted by molar-refractivity contribution is 4.99. The fourth-order valence-electron chi connectivity index (χ4n) is 2.77. The smallest absolute Gasteiger partial charge is 0.0626 e. The molecule has 0 aromatic carbocycles. The molecule has 1 fully saturated rings. The Morgan fingerprint density at radius 1 is 1.43 bits per heavy atom. The van der Waals surface area contributed by atoms with Gasteiger partial charge < -0.3 is 9.84 Å². The quantitative estimate of drug-likeness (QED) is 0.701. The van der Waals surface area contributed by atoms with Crippen molar-refractivity contribution in [1.82, 2.24) is 0 Å². The van der Waals surface area contributed by atoms with Gasteiger partial charge in [-0.2, -0.15) is 0 Å². The molecule has 0 saturated carbocycles. The lowest BCUT2D eigenvalue weighted by Gasteiger charge is -2.32. The highest BCUT2D eigenvalue weighted by Crippen LogP contribution is 2.42. The summed E-state index contributed by atoms with van der Waals surface area (Å²) in [6, 6.07) is 0. The van der Waals surface area contributed by atoms with E-state index in [1.165, 1.54) is 12.8 Å². The van der Waals surface area contributed by atoms with Gasteiger partial charge in [0, 0.05) is 12.0 Å². The highest BCUT2D eigenvalue weighted by Gasteiger charge is 2.42. The molecule has 0 aromatic heterocycles. The minimum Gasteiger partial charge on any atom is -0.396 e. The molecule has 80 valence electrons. The Kier molecular flexibility index (Phi) is 2.93. The first-order valence-corrected chi connectivity index (χ1v) is 5.64. The number of hydrogen-bond acceptors (Lipinski definition) is 2. The molecule has 2 aliphatic rings. The van der Waals surface area contributed by atoms with E-state index in [9.17, 15) is 5.11 Å². The first-order chi connectivity index (χ1) is 6.77. The van der Waals surface area contributed by atoms with E-state index in [4.69, 9.17) is 4.74 Å². The van der Waals surface area contributed by atoms with E-state index in [0.717, 1.165) is 25.4 Å². The van der Waals surface area contributed by atoms with Crippen LogP contribution in [0.15, 0.2) is 12.2 Å². The molecule has 1 aliphatic heterocycles. The number of ether oxygens (including phenoxy) is 1. The normalized spacial score (nSPS) is 38.3. The van der Waals surface area contributed by atoms with Crippen LogP contribution in [-0.4, -0.2) is 24.4 Å². The van der Waals surface area contributed by atoms with Crippen molar-refractivity contribution >= 4 is 0 Å². The molecule has 1 N–H and O–H groups in total. The summed E-state index contributed by atoms with van der Waals surface area (Å²) in [4.78, 5) is 0. The van der Waals surface area contributed by atoms with Gasteiger partial charge in [-0.25, -0.2) is 0 Å². The van der Waals surface area contributed by atoms with Crippen LogP contribution in [0.1, 0.15) is 32.6 Å². The van der Waals surface area contributed by atoms with Crippen molar-refractivity contribution in [3.63, 3.8) is 0 Å². The third-order valence-corrected chi connectivity index (χ3v) is 3.95. The molecular weight excluding hydrogens is 176 g/mol.